The van der Waals surface area contributed by atoms with Crippen molar-refractivity contribution in [2.75, 3.05) is 13.7 Å². The number of unbranched alkanes of at least 4 members (excludes halogenated alkanes) is 2. The van der Waals surface area contributed by atoms with Crippen molar-refractivity contribution in [3.05, 3.63) is 23.2 Å². The number of nitrogens with one attached hydrogen (secondary N) is 1. The number of hydrogen-bond acceptors (Lipinski definition) is 4. The first kappa shape index (κ1) is 13.8. The van der Waals surface area contributed by atoms with Crippen LogP contribution >= 0.6 is 0 Å². The molecule has 0 saturated heterocycles. The van der Waals surface area contributed by atoms with E-state index in [1.165, 1.54) is 26.4 Å². The number of rotatable bonds is 7. The van der Waals surface area contributed by atoms with E-state index in [1.807, 2.05) is 0 Å². The van der Waals surface area contributed by atoms with Crippen LogP contribution in [0.3, 0.4) is 0 Å². The Morgan fingerprint density at radius 2 is 2.24 bits per heavy atom. The molecular formula is C13H21NO3. The molecule has 1 aromatic rings. The second-order valence-electron chi connectivity index (χ2n) is 4.06. The molecule has 4 nitrogen and oxygen atoms in total. The summed E-state index contributed by atoms with van der Waals surface area (Å²) in [6.45, 7) is 5.58. The second-order valence-corrected chi connectivity index (χ2v) is 4.06. The molecule has 0 atom stereocenters. The summed E-state index contributed by atoms with van der Waals surface area (Å²) in [5.74, 6) is 1.05. The molecule has 0 aliphatic carbocycles. The van der Waals surface area contributed by atoms with Gasteiger partial charge < -0.3 is 14.5 Å². The highest BCUT2D eigenvalue weighted by atomic mass is 16.5. The molecule has 0 radical (unpaired) electrons. The quantitative estimate of drug-likeness (QED) is 0.587. The van der Waals surface area contributed by atoms with Gasteiger partial charge in [0, 0.05) is 0 Å². The number of carbonyl (C=O) groups excluding carboxylic acids is 1. The Labute approximate surface area is 102 Å². The molecule has 1 N–H and O–H groups in total. The van der Waals surface area contributed by atoms with Crippen molar-refractivity contribution in [2.24, 2.45) is 0 Å². The van der Waals surface area contributed by atoms with Crippen LogP contribution in [0.2, 0.25) is 0 Å². The van der Waals surface area contributed by atoms with E-state index in [0.29, 0.717) is 17.9 Å². The van der Waals surface area contributed by atoms with Crippen molar-refractivity contribution >= 4 is 5.97 Å². The van der Waals surface area contributed by atoms with E-state index in [0.717, 1.165) is 12.3 Å². The van der Waals surface area contributed by atoms with Gasteiger partial charge in [0.05, 0.1) is 13.7 Å². The highest BCUT2D eigenvalue weighted by Crippen LogP contribution is 2.15. The molecule has 1 aromatic heterocycles. The number of furan rings is 1. The normalized spacial score (nSPS) is 10.5. The number of esters is 1. The molecule has 0 fully saturated rings. The third-order valence-corrected chi connectivity index (χ3v) is 2.63. The number of aryl methyl sites for hydroxylation is 1. The molecule has 1 heterocycles. The summed E-state index contributed by atoms with van der Waals surface area (Å²) in [6, 6.07) is 1.74. The molecule has 0 amide bonds. The third-order valence-electron chi connectivity index (χ3n) is 2.63. The molecule has 0 saturated carbocycles. The predicted molar refractivity (Wildman–Crippen MR) is 66.0 cm³/mol. The Morgan fingerprint density at radius 1 is 1.47 bits per heavy atom. The first-order valence-electron chi connectivity index (χ1n) is 6.07. The fraction of sp³-hybridized carbons (Fsp3) is 0.615. The Bertz CT molecular complexity index is 358. The van der Waals surface area contributed by atoms with E-state index >= 15 is 0 Å². The lowest BCUT2D eigenvalue weighted by Crippen LogP contribution is -2.14. The SMILES string of the molecule is CCCCCNCc1cc(C(=O)OC)c(C)o1. The van der Waals surface area contributed by atoms with Crippen molar-refractivity contribution in [3.8, 4) is 0 Å². The molecule has 0 spiro atoms. The molecule has 0 aromatic carbocycles. The Balaban J connectivity index is 2.42. The summed E-state index contributed by atoms with van der Waals surface area (Å²) >= 11 is 0. The van der Waals surface area contributed by atoms with Gasteiger partial charge in [-0.05, 0) is 26.0 Å². The van der Waals surface area contributed by atoms with E-state index in [-0.39, 0.29) is 5.97 Å². The van der Waals surface area contributed by atoms with Crippen molar-refractivity contribution in [1.29, 1.82) is 0 Å². The maximum Gasteiger partial charge on any atom is 0.341 e. The summed E-state index contributed by atoms with van der Waals surface area (Å²) in [7, 11) is 1.37. The topological polar surface area (TPSA) is 51.5 Å². The molecule has 4 heteroatoms. The molecule has 0 aliphatic heterocycles. The van der Waals surface area contributed by atoms with E-state index in [2.05, 4.69) is 17.0 Å². The lowest BCUT2D eigenvalue weighted by atomic mass is 10.2. The van der Waals surface area contributed by atoms with Crippen LogP contribution in [0, 0.1) is 6.92 Å². The number of ether oxygens (including phenoxy) is 1. The Kier molecular flexibility index (Phi) is 5.77. The third kappa shape index (κ3) is 4.23. The summed E-state index contributed by atoms with van der Waals surface area (Å²) in [5.41, 5.74) is 0.512. The van der Waals surface area contributed by atoms with E-state index in [9.17, 15) is 4.79 Å². The average molecular weight is 239 g/mol. The first-order valence-corrected chi connectivity index (χ1v) is 6.07. The van der Waals surface area contributed by atoms with Crippen LogP contribution in [0.25, 0.3) is 0 Å². The minimum Gasteiger partial charge on any atom is -0.465 e. The minimum absolute atomic E-state index is 0.344. The zero-order chi connectivity index (χ0) is 12.7. The van der Waals surface area contributed by atoms with E-state index in [1.54, 1.807) is 13.0 Å². The van der Waals surface area contributed by atoms with E-state index in [4.69, 9.17) is 4.42 Å². The molecule has 1 rings (SSSR count). The standard InChI is InChI=1S/C13H21NO3/c1-4-5-6-7-14-9-11-8-12(10(2)17-11)13(15)16-3/h8,14H,4-7,9H2,1-3H3. The van der Waals surface area contributed by atoms with Gasteiger partial charge in [0.2, 0.25) is 0 Å². The van der Waals surface area contributed by atoms with Crippen LogP contribution in [0.15, 0.2) is 10.5 Å². The van der Waals surface area contributed by atoms with Gasteiger partial charge in [0.1, 0.15) is 17.1 Å². The van der Waals surface area contributed by atoms with Gasteiger partial charge in [-0.2, -0.15) is 0 Å². The van der Waals surface area contributed by atoms with Gasteiger partial charge in [-0.15, -0.1) is 0 Å². The maximum absolute atomic E-state index is 11.4. The molecule has 17 heavy (non-hydrogen) atoms. The van der Waals surface area contributed by atoms with Crippen molar-refractivity contribution in [1.82, 2.24) is 5.32 Å². The largest absolute Gasteiger partial charge is 0.465 e. The van der Waals surface area contributed by atoms with Crippen molar-refractivity contribution in [2.45, 2.75) is 39.7 Å². The monoisotopic (exact) mass is 239 g/mol. The summed E-state index contributed by atoms with van der Waals surface area (Å²) in [6.07, 6.45) is 3.62. The zero-order valence-electron chi connectivity index (χ0n) is 10.8. The number of hydrogen-bond donors (Lipinski definition) is 1. The average Bonchev–Trinajstić information content (AvgIpc) is 2.69. The van der Waals surface area contributed by atoms with Gasteiger partial charge in [-0.3, -0.25) is 0 Å². The zero-order valence-corrected chi connectivity index (χ0v) is 10.8. The molecular weight excluding hydrogens is 218 g/mol. The van der Waals surface area contributed by atoms with Crippen LogP contribution in [-0.4, -0.2) is 19.6 Å². The molecule has 0 aliphatic rings. The second kappa shape index (κ2) is 7.12. The van der Waals surface area contributed by atoms with Crippen LogP contribution < -0.4 is 5.32 Å². The minimum atomic E-state index is -0.344. The fourth-order valence-electron chi connectivity index (χ4n) is 1.66. The van der Waals surface area contributed by atoms with Gasteiger partial charge in [0.15, 0.2) is 0 Å². The van der Waals surface area contributed by atoms with Gasteiger partial charge >= 0.3 is 5.97 Å². The van der Waals surface area contributed by atoms with Crippen LogP contribution in [0.5, 0.6) is 0 Å². The fourth-order valence-corrected chi connectivity index (χ4v) is 1.66. The number of methoxy groups -OCH3 is 1. The van der Waals surface area contributed by atoms with Crippen molar-refractivity contribution < 1.29 is 13.9 Å². The van der Waals surface area contributed by atoms with E-state index < -0.39 is 0 Å². The molecule has 96 valence electrons. The highest BCUT2D eigenvalue weighted by molar-refractivity contribution is 5.90. The van der Waals surface area contributed by atoms with Gasteiger partial charge in [-0.25, -0.2) is 4.79 Å². The summed E-state index contributed by atoms with van der Waals surface area (Å²) < 4.78 is 10.1. The summed E-state index contributed by atoms with van der Waals surface area (Å²) in [4.78, 5) is 11.4. The smallest absolute Gasteiger partial charge is 0.341 e. The Hall–Kier alpha value is -1.29. The maximum atomic E-state index is 11.4. The van der Waals surface area contributed by atoms with Gasteiger partial charge in [0.25, 0.3) is 0 Å². The Morgan fingerprint density at radius 3 is 2.88 bits per heavy atom. The van der Waals surface area contributed by atoms with Crippen LogP contribution in [-0.2, 0) is 11.3 Å². The van der Waals surface area contributed by atoms with Gasteiger partial charge in [-0.1, -0.05) is 19.8 Å². The predicted octanol–water partition coefficient (Wildman–Crippen LogP) is 2.65. The van der Waals surface area contributed by atoms with Crippen molar-refractivity contribution in [3.63, 3.8) is 0 Å². The van der Waals surface area contributed by atoms with Crippen LogP contribution in [0.1, 0.15) is 48.1 Å². The number of carbonyl (C=O) groups is 1. The molecule has 0 bridgehead atoms. The lowest BCUT2D eigenvalue weighted by molar-refractivity contribution is 0.0599. The lowest BCUT2D eigenvalue weighted by Gasteiger charge is -2.00. The van der Waals surface area contributed by atoms with Crippen LogP contribution in [0.4, 0.5) is 0 Å². The summed E-state index contributed by atoms with van der Waals surface area (Å²) in [5, 5.41) is 3.29. The molecule has 0 unspecified atom stereocenters. The first-order chi connectivity index (χ1) is 8.19. The highest BCUT2D eigenvalue weighted by Gasteiger charge is 2.14.